The molecule has 0 spiro atoms. The largest absolute Gasteiger partial charge is 0.462 e. The fraction of sp³-hybridized carbons (Fsp3) is 0.708. The zero-order valence-corrected chi connectivity index (χ0v) is 46.5. The van der Waals surface area contributed by atoms with Gasteiger partial charge in [-0.25, -0.2) is 0 Å². The van der Waals surface area contributed by atoms with Crippen molar-refractivity contribution in [3.63, 3.8) is 0 Å². The SMILES string of the molecule is CC/C=C\C/C=C\C/C=C\C/C=C\C/C=C\C/C=C\C/C=C\CCCCCC(=O)OCC(COC(=O)CCCCCCCCCCCC)OC(=O)CCCCCCCCC/C=C\CCCCCCCCC. The van der Waals surface area contributed by atoms with Crippen LogP contribution in [0.25, 0.3) is 0 Å². The third-order valence-corrected chi connectivity index (χ3v) is 12.6. The van der Waals surface area contributed by atoms with Gasteiger partial charge in [0.25, 0.3) is 0 Å². The number of unbranched alkanes of at least 4 members (excludes halogenated alkanes) is 26. The maximum atomic E-state index is 12.9. The predicted octanol–water partition coefficient (Wildman–Crippen LogP) is 20.1. The normalized spacial score (nSPS) is 12.8. The second-order valence-electron chi connectivity index (χ2n) is 19.5. The van der Waals surface area contributed by atoms with E-state index in [0.717, 1.165) is 109 Å². The smallest absolute Gasteiger partial charge is 0.306 e. The molecule has 0 aromatic carbocycles. The Morgan fingerprint density at radius 1 is 0.296 bits per heavy atom. The summed E-state index contributed by atoms with van der Waals surface area (Å²) in [5.41, 5.74) is 0. The van der Waals surface area contributed by atoms with Crippen molar-refractivity contribution in [2.24, 2.45) is 0 Å². The van der Waals surface area contributed by atoms with Gasteiger partial charge >= 0.3 is 17.9 Å². The second kappa shape index (κ2) is 58.9. The summed E-state index contributed by atoms with van der Waals surface area (Å²) in [5, 5.41) is 0. The molecular weight excluding hydrogens is 877 g/mol. The van der Waals surface area contributed by atoms with E-state index in [2.05, 4.69) is 118 Å². The van der Waals surface area contributed by atoms with Gasteiger partial charge in [0.05, 0.1) is 0 Å². The molecule has 0 rings (SSSR count). The summed E-state index contributed by atoms with van der Waals surface area (Å²) in [7, 11) is 0. The number of carbonyl (C=O) groups excluding carboxylic acids is 3. The lowest BCUT2D eigenvalue weighted by atomic mass is 10.1. The summed E-state index contributed by atoms with van der Waals surface area (Å²) in [6.45, 7) is 6.49. The molecule has 0 saturated carbocycles. The number of hydrogen-bond acceptors (Lipinski definition) is 6. The van der Waals surface area contributed by atoms with Gasteiger partial charge in [0.1, 0.15) is 13.2 Å². The summed E-state index contributed by atoms with van der Waals surface area (Å²) in [6, 6.07) is 0. The molecule has 6 heteroatoms. The van der Waals surface area contributed by atoms with Crippen LogP contribution >= 0.6 is 0 Å². The lowest BCUT2D eigenvalue weighted by Gasteiger charge is -2.18. The van der Waals surface area contributed by atoms with Gasteiger partial charge in [-0.15, -0.1) is 0 Å². The monoisotopic (exact) mass is 987 g/mol. The zero-order valence-electron chi connectivity index (χ0n) is 46.5. The fourth-order valence-electron chi connectivity index (χ4n) is 8.12. The van der Waals surface area contributed by atoms with Crippen molar-refractivity contribution in [1.82, 2.24) is 0 Å². The topological polar surface area (TPSA) is 78.9 Å². The Morgan fingerprint density at radius 2 is 0.549 bits per heavy atom. The van der Waals surface area contributed by atoms with E-state index in [1.165, 1.54) is 128 Å². The van der Waals surface area contributed by atoms with Gasteiger partial charge in [0, 0.05) is 19.3 Å². The highest BCUT2D eigenvalue weighted by Gasteiger charge is 2.19. The van der Waals surface area contributed by atoms with E-state index in [4.69, 9.17) is 14.2 Å². The van der Waals surface area contributed by atoms with Crippen LogP contribution < -0.4 is 0 Å². The van der Waals surface area contributed by atoms with E-state index >= 15 is 0 Å². The first-order valence-electron chi connectivity index (χ1n) is 29.7. The van der Waals surface area contributed by atoms with Crippen LogP contribution in [0.4, 0.5) is 0 Å². The van der Waals surface area contributed by atoms with Gasteiger partial charge in [0.2, 0.25) is 0 Å². The van der Waals surface area contributed by atoms with Crippen LogP contribution in [0.15, 0.2) is 97.2 Å². The molecule has 1 atom stereocenters. The van der Waals surface area contributed by atoms with Crippen LogP contribution in [0.5, 0.6) is 0 Å². The second-order valence-corrected chi connectivity index (χ2v) is 19.5. The van der Waals surface area contributed by atoms with Crippen LogP contribution in [0, 0.1) is 0 Å². The number of rotatable bonds is 53. The maximum Gasteiger partial charge on any atom is 0.306 e. The van der Waals surface area contributed by atoms with Crippen molar-refractivity contribution in [3.05, 3.63) is 97.2 Å². The lowest BCUT2D eigenvalue weighted by Crippen LogP contribution is -2.30. The highest BCUT2D eigenvalue weighted by atomic mass is 16.6. The Hall–Kier alpha value is -3.67. The number of allylic oxidation sites excluding steroid dienone is 16. The molecule has 0 heterocycles. The molecule has 0 aliphatic heterocycles. The van der Waals surface area contributed by atoms with Crippen molar-refractivity contribution < 1.29 is 28.6 Å². The summed E-state index contributed by atoms with van der Waals surface area (Å²) >= 11 is 0. The molecule has 0 fully saturated rings. The van der Waals surface area contributed by atoms with Crippen molar-refractivity contribution in [3.8, 4) is 0 Å². The molecule has 0 aliphatic rings. The van der Waals surface area contributed by atoms with Crippen LogP contribution in [-0.4, -0.2) is 37.2 Å². The maximum absolute atomic E-state index is 12.9. The van der Waals surface area contributed by atoms with Crippen LogP contribution in [-0.2, 0) is 28.6 Å². The molecular formula is C65H110O6. The predicted molar refractivity (Wildman–Crippen MR) is 307 cm³/mol. The minimum atomic E-state index is -0.793. The summed E-state index contributed by atoms with van der Waals surface area (Å²) in [5.74, 6) is -0.924. The van der Waals surface area contributed by atoms with Gasteiger partial charge < -0.3 is 14.2 Å². The molecule has 0 amide bonds. The van der Waals surface area contributed by atoms with Gasteiger partial charge in [0.15, 0.2) is 6.10 Å². The molecule has 6 nitrogen and oxygen atoms in total. The number of ether oxygens (including phenoxy) is 3. The summed E-state index contributed by atoms with van der Waals surface area (Å²) < 4.78 is 16.8. The number of esters is 3. The summed E-state index contributed by atoms with van der Waals surface area (Å²) in [6.07, 6.45) is 78.3. The van der Waals surface area contributed by atoms with Crippen molar-refractivity contribution in [2.45, 2.75) is 284 Å². The van der Waals surface area contributed by atoms with Crippen molar-refractivity contribution in [1.29, 1.82) is 0 Å². The number of carbonyl (C=O) groups is 3. The van der Waals surface area contributed by atoms with E-state index in [9.17, 15) is 14.4 Å². The molecule has 0 aliphatic carbocycles. The van der Waals surface area contributed by atoms with E-state index in [-0.39, 0.29) is 31.1 Å². The van der Waals surface area contributed by atoms with E-state index in [1.54, 1.807) is 0 Å². The van der Waals surface area contributed by atoms with Gasteiger partial charge in [-0.2, -0.15) is 0 Å². The van der Waals surface area contributed by atoms with Crippen LogP contribution in [0.2, 0.25) is 0 Å². The van der Waals surface area contributed by atoms with Gasteiger partial charge in [-0.3, -0.25) is 14.4 Å². The molecule has 0 aromatic rings. The van der Waals surface area contributed by atoms with Gasteiger partial charge in [-0.05, 0) is 103 Å². The highest BCUT2D eigenvalue weighted by molar-refractivity contribution is 5.71. The Balaban J connectivity index is 4.37. The van der Waals surface area contributed by atoms with Crippen LogP contribution in [0.1, 0.15) is 278 Å². The molecule has 406 valence electrons. The van der Waals surface area contributed by atoms with Gasteiger partial charge in [-0.1, -0.05) is 253 Å². The molecule has 0 radical (unpaired) electrons. The Morgan fingerprint density at radius 3 is 0.887 bits per heavy atom. The first-order chi connectivity index (χ1) is 35.0. The van der Waals surface area contributed by atoms with Crippen molar-refractivity contribution >= 4 is 17.9 Å². The standard InChI is InChI=1S/C65H110O6/c1-4-7-10-13-16-19-22-24-26-28-30-31-32-33-34-35-36-38-39-41-43-46-49-52-55-58-64(67)70-61-62(60-69-63(66)57-54-51-48-45-21-18-15-12-9-6-3)71-65(68)59-56-53-50-47-44-42-40-37-29-27-25-23-20-17-14-11-8-5-2/h7,10,16,19,24,26-27,29-31,33-34,36,38,41,43,62H,4-6,8-9,11-15,17-18,20-23,25,28,32,35,37,39-40,42,44-61H2,1-3H3/b10-7-,19-16-,26-24-,29-27-,31-30-,34-33-,38-36-,43-41-. The Bertz CT molecular complexity index is 1410. The molecule has 0 bridgehead atoms. The lowest BCUT2D eigenvalue weighted by molar-refractivity contribution is -0.167. The third kappa shape index (κ3) is 57.1. The van der Waals surface area contributed by atoms with E-state index in [1.807, 2.05) is 0 Å². The minimum Gasteiger partial charge on any atom is -0.462 e. The third-order valence-electron chi connectivity index (χ3n) is 12.6. The molecule has 0 saturated heterocycles. The van der Waals surface area contributed by atoms with E-state index in [0.29, 0.717) is 19.3 Å². The number of hydrogen-bond donors (Lipinski definition) is 0. The highest BCUT2D eigenvalue weighted by Crippen LogP contribution is 2.15. The first kappa shape index (κ1) is 67.3. The van der Waals surface area contributed by atoms with E-state index < -0.39 is 6.10 Å². The minimum absolute atomic E-state index is 0.0885. The first-order valence-corrected chi connectivity index (χ1v) is 29.7. The quantitative estimate of drug-likeness (QED) is 0.0261. The summed E-state index contributed by atoms with van der Waals surface area (Å²) in [4.78, 5) is 38.1. The van der Waals surface area contributed by atoms with Crippen molar-refractivity contribution in [2.75, 3.05) is 13.2 Å². The fourth-order valence-corrected chi connectivity index (χ4v) is 8.12. The average molecular weight is 988 g/mol. The average Bonchev–Trinajstić information content (AvgIpc) is 3.37. The molecule has 71 heavy (non-hydrogen) atoms. The van der Waals surface area contributed by atoms with Crippen LogP contribution in [0.3, 0.4) is 0 Å². The Labute approximate surface area is 438 Å². The zero-order chi connectivity index (χ0) is 51.4. The Kier molecular flexibility index (Phi) is 55.9. The molecule has 0 N–H and O–H groups in total. The molecule has 1 unspecified atom stereocenters. The molecule has 0 aromatic heterocycles.